The van der Waals surface area contributed by atoms with Gasteiger partial charge in [-0.25, -0.2) is 0 Å². The van der Waals surface area contributed by atoms with Crippen molar-refractivity contribution in [3.63, 3.8) is 0 Å². The third-order valence-corrected chi connectivity index (χ3v) is 9.93. The molecule has 2 heteroatoms. The van der Waals surface area contributed by atoms with E-state index in [0.717, 1.165) is 19.3 Å². The van der Waals surface area contributed by atoms with Gasteiger partial charge in [0.1, 0.15) is 5.78 Å². The summed E-state index contributed by atoms with van der Waals surface area (Å²) >= 11 is 0. The van der Waals surface area contributed by atoms with Gasteiger partial charge in [-0.3, -0.25) is 9.59 Å². The Kier molecular flexibility index (Phi) is 3.39. The molecule has 0 heterocycles. The second-order valence-corrected chi connectivity index (χ2v) is 10.2. The molecule has 5 aliphatic carbocycles. The zero-order valence-electron chi connectivity index (χ0n) is 16.5. The van der Waals surface area contributed by atoms with Crippen molar-refractivity contribution in [1.29, 1.82) is 0 Å². The summed E-state index contributed by atoms with van der Waals surface area (Å²) < 4.78 is 0. The van der Waals surface area contributed by atoms with Gasteiger partial charge in [0.15, 0.2) is 5.78 Å². The van der Waals surface area contributed by atoms with Crippen molar-refractivity contribution in [3.05, 3.63) is 23.8 Å². The Hall–Kier alpha value is -1.18. The molecule has 0 N–H and O–H groups in total. The number of ketones is 2. The average molecular weight is 353 g/mol. The lowest BCUT2D eigenvalue weighted by Gasteiger charge is -2.58. The fourth-order valence-corrected chi connectivity index (χ4v) is 8.50. The number of Topliss-reactive ketones (excluding diaryl/α,β-unsaturated/α-hetero) is 1. The highest BCUT2D eigenvalue weighted by Crippen LogP contribution is 2.80. The van der Waals surface area contributed by atoms with E-state index in [1.807, 2.05) is 6.08 Å². The van der Waals surface area contributed by atoms with E-state index >= 15 is 0 Å². The highest BCUT2D eigenvalue weighted by molar-refractivity contribution is 5.93. The maximum absolute atomic E-state index is 13.1. The Morgan fingerprint density at radius 2 is 1.92 bits per heavy atom. The molecule has 2 nitrogen and oxygen atoms in total. The lowest BCUT2D eigenvalue weighted by atomic mass is 9.46. The molecule has 3 fully saturated rings. The lowest BCUT2D eigenvalue weighted by Crippen LogP contribution is -2.53. The molecule has 0 aromatic heterocycles. The molecule has 3 saturated carbocycles. The van der Waals surface area contributed by atoms with Crippen LogP contribution in [0.1, 0.15) is 72.1 Å². The van der Waals surface area contributed by atoms with Gasteiger partial charge in [0.25, 0.3) is 0 Å². The zero-order chi connectivity index (χ0) is 18.3. The highest BCUT2D eigenvalue weighted by atomic mass is 16.1. The minimum absolute atomic E-state index is 0.0352. The minimum Gasteiger partial charge on any atom is -0.299 e. The first-order valence-corrected chi connectivity index (χ1v) is 10.9. The molecule has 2 bridgehead atoms. The van der Waals surface area contributed by atoms with Crippen LogP contribution in [-0.2, 0) is 9.59 Å². The summed E-state index contributed by atoms with van der Waals surface area (Å²) in [5.41, 5.74) is 1.77. The van der Waals surface area contributed by atoms with Gasteiger partial charge in [-0.1, -0.05) is 32.9 Å². The fourth-order valence-electron chi connectivity index (χ4n) is 8.50. The van der Waals surface area contributed by atoms with E-state index in [2.05, 4.69) is 32.9 Å². The molecule has 26 heavy (non-hydrogen) atoms. The Morgan fingerprint density at radius 3 is 2.62 bits per heavy atom. The summed E-state index contributed by atoms with van der Waals surface area (Å²) in [4.78, 5) is 25.2. The number of carbonyl (C=O) groups excluding carboxylic acids is 2. The molecule has 0 spiro atoms. The largest absolute Gasteiger partial charge is 0.299 e. The molecule has 0 saturated heterocycles. The van der Waals surface area contributed by atoms with E-state index in [4.69, 9.17) is 0 Å². The van der Waals surface area contributed by atoms with E-state index < -0.39 is 0 Å². The van der Waals surface area contributed by atoms with E-state index in [-0.39, 0.29) is 16.7 Å². The van der Waals surface area contributed by atoms with Gasteiger partial charge in [0.05, 0.1) is 0 Å². The van der Waals surface area contributed by atoms with Crippen LogP contribution in [0.2, 0.25) is 0 Å². The van der Waals surface area contributed by atoms with Crippen LogP contribution in [0.25, 0.3) is 0 Å². The molecule has 0 amide bonds. The summed E-state index contributed by atoms with van der Waals surface area (Å²) in [5.74, 6) is 2.88. The summed E-state index contributed by atoms with van der Waals surface area (Å²) in [5, 5.41) is 0. The standard InChI is InChI=1S/C24H32O2/c1-4-21(26)24-11-9-23(10-12-24)19-6-5-16-14-20(25)15(2)13-18(16)17(19)7-8-22(23,24)3/h5-6,14-15,17-19H,4,7-13H2,1-3H3/t15?,17-,18+,19-,22+,23?,24?/m1/s1. The van der Waals surface area contributed by atoms with Gasteiger partial charge in [0, 0.05) is 17.8 Å². The van der Waals surface area contributed by atoms with Gasteiger partial charge in [-0.2, -0.15) is 0 Å². The minimum atomic E-state index is -0.0352. The third kappa shape index (κ3) is 1.71. The maximum Gasteiger partial charge on any atom is 0.158 e. The highest BCUT2D eigenvalue weighted by Gasteiger charge is 2.75. The monoisotopic (exact) mass is 352 g/mol. The first kappa shape index (κ1) is 17.0. The Balaban J connectivity index is 1.58. The van der Waals surface area contributed by atoms with Gasteiger partial charge < -0.3 is 0 Å². The Morgan fingerprint density at radius 1 is 1.19 bits per heavy atom. The van der Waals surface area contributed by atoms with Crippen LogP contribution in [0.3, 0.4) is 0 Å². The summed E-state index contributed by atoms with van der Waals surface area (Å²) in [6.07, 6.45) is 15.6. The number of hydrogen-bond acceptors (Lipinski definition) is 2. The zero-order valence-corrected chi connectivity index (χ0v) is 16.5. The predicted molar refractivity (Wildman–Crippen MR) is 102 cm³/mol. The Bertz CT molecular complexity index is 733. The van der Waals surface area contributed by atoms with Crippen LogP contribution in [0.5, 0.6) is 0 Å². The van der Waals surface area contributed by atoms with Crippen LogP contribution in [-0.4, -0.2) is 11.6 Å². The molecular formula is C24H32O2. The molecular weight excluding hydrogens is 320 g/mol. The van der Waals surface area contributed by atoms with Crippen molar-refractivity contribution in [2.75, 3.05) is 0 Å². The lowest BCUT2D eigenvalue weighted by molar-refractivity contribution is -0.138. The predicted octanol–water partition coefficient (Wildman–Crippen LogP) is 5.28. The Labute approximate surface area is 157 Å². The van der Waals surface area contributed by atoms with Crippen molar-refractivity contribution in [2.24, 2.45) is 39.9 Å². The van der Waals surface area contributed by atoms with Crippen LogP contribution < -0.4 is 0 Å². The van der Waals surface area contributed by atoms with Crippen molar-refractivity contribution in [1.82, 2.24) is 0 Å². The second-order valence-electron chi connectivity index (χ2n) is 10.2. The number of fused-ring (bicyclic) bond motifs is 3. The second kappa shape index (κ2) is 5.20. The summed E-state index contributed by atoms with van der Waals surface area (Å²) in [6.45, 7) is 6.63. The van der Waals surface area contributed by atoms with Crippen LogP contribution in [0, 0.1) is 39.9 Å². The molecule has 0 aromatic rings. The average Bonchev–Trinajstić information content (AvgIpc) is 3.06. The quantitative estimate of drug-likeness (QED) is 0.677. The molecule has 0 radical (unpaired) electrons. The van der Waals surface area contributed by atoms with E-state index in [9.17, 15) is 9.59 Å². The molecule has 5 rings (SSSR count). The number of allylic oxidation sites excluding steroid dienone is 4. The van der Waals surface area contributed by atoms with Gasteiger partial charge in [-0.15, -0.1) is 0 Å². The van der Waals surface area contributed by atoms with Gasteiger partial charge >= 0.3 is 0 Å². The van der Waals surface area contributed by atoms with Crippen molar-refractivity contribution in [3.8, 4) is 0 Å². The first-order chi connectivity index (χ1) is 12.4. The SMILES string of the molecule is CCC(=O)C12CCC3(CC1)[C@@H]1C=CC4=CC(=O)C(C)C[C@@H]4[C@H]1CC[C@]23C. The topological polar surface area (TPSA) is 34.1 Å². The summed E-state index contributed by atoms with van der Waals surface area (Å²) in [6, 6.07) is 0. The molecule has 140 valence electrons. The van der Waals surface area contributed by atoms with Gasteiger partial charge in [0.2, 0.25) is 0 Å². The molecule has 5 atom stereocenters. The summed E-state index contributed by atoms with van der Waals surface area (Å²) in [7, 11) is 0. The molecule has 0 aromatic carbocycles. The number of carbonyl (C=O) groups is 2. The van der Waals surface area contributed by atoms with Crippen molar-refractivity contribution in [2.45, 2.75) is 72.1 Å². The smallest absolute Gasteiger partial charge is 0.158 e. The van der Waals surface area contributed by atoms with E-state index in [0.29, 0.717) is 41.2 Å². The van der Waals surface area contributed by atoms with Crippen molar-refractivity contribution < 1.29 is 9.59 Å². The number of rotatable bonds is 2. The molecule has 5 aliphatic rings. The van der Waals surface area contributed by atoms with Gasteiger partial charge in [-0.05, 0) is 85.2 Å². The van der Waals surface area contributed by atoms with E-state index in [1.54, 1.807) is 0 Å². The number of hydrogen-bond donors (Lipinski definition) is 0. The fraction of sp³-hybridized carbons (Fsp3) is 0.750. The van der Waals surface area contributed by atoms with Crippen LogP contribution >= 0.6 is 0 Å². The molecule has 0 aliphatic heterocycles. The normalized spacial score (nSPS) is 51.5. The van der Waals surface area contributed by atoms with Crippen LogP contribution in [0.4, 0.5) is 0 Å². The van der Waals surface area contributed by atoms with E-state index in [1.165, 1.54) is 31.3 Å². The van der Waals surface area contributed by atoms with Crippen molar-refractivity contribution >= 4 is 11.6 Å². The molecule has 1 unspecified atom stereocenters. The maximum atomic E-state index is 13.1. The third-order valence-electron chi connectivity index (χ3n) is 9.93. The van der Waals surface area contributed by atoms with Crippen LogP contribution in [0.15, 0.2) is 23.8 Å². The first-order valence-electron chi connectivity index (χ1n) is 10.9.